The number of nitrogens with one attached hydrogen (secondary N) is 1. The first-order valence-electron chi connectivity index (χ1n) is 5.83. The highest BCUT2D eigenvalue weighted by Gasteiger charge is 2.42. The van der Waals surface area contributed by atoms with E-state index in [1.54, 1.807) is 12.3 Å². The van der Waals surface area contributed by atoms with Crippen molar-refractivity contribution in [3.05, 3.63) is 29.6 Å². The summed E-state index contributed by atoms with van der Waals surface area (Å²) >= 11 is 1.27. The fraction of sp³-hybridized carbons (Fsp3) is 0.462. The van der Waals surface area contributed by atoms with Crippen LogP contribution in [-0.2, 0) is 0 Å². The van der Waals surface area contributed by atoms with Crippen LogP contribution in [0, 0.1) is 11.2 Å². The number of aliphatic hydroxyl groups excluding tert-OH is 1. The molecule has 0 spiro atoms. The minimum Gasteiger partial charge on any atom is -0.396 e. The summed E-state index contributed by atoms with van der Waals surface area (Å²) < 4.78 is 13.3. The van der Waals surface area contributed by atoms with Crippen LogP contribution >= 0.6 is 11.8 Å². The predicted molar refractivity (Wildman–Crippen MR) is 69.3 cm³/mol. The molecule has 0 atom stereocenters. The van der Waals surface area contributed by atoms with E-state index in [1.807, 2.05) is 0 Å². The third kappa shape index (κ3) is 2.84. The quantitative estimate of drug-likeness (QED) is 0.804. The van der Waals surface area contributed by atoms with E-state index in [1.165, 1.54) is 23.9 Å². The van der Waals surface area contributed by atoms with Crippen molar-refractivity contribution in [3.63, 3.8) is 0 Å². The van der Waals surface area contributed by atoms with Crippen molar-refractivity contribution in [2.24, 2.45) is 5.41 Å². The Labute approximate surface area is 110 Å². The van der Waals surface area contributed by atoms with Crippen molar-refractivity contribution in [2.45, 2.75) is 17.7 Å². The summed E-state index contributed by atoms with van der Waals surface area (Å²) in [6, 6.07) is 4.33. The van der Waals surface area contributed by atoms with Crippen LogP contribution in [0.1, 0.15) is 23.2 Å². The van der Waals surface area contributed by atoms with Crippen LogP contribution in [0.25, 0.3) is 0 Å². The maximum Gasteiger partial charge on any atom is 0.251 e. The fourth-order valence-electron chi connectivity index (χ4n) is 1.74. The third-order valence-corrected chi connectivity index (χ3v) is 4.08. The number of carbonyl (C=O) groups is 1. The third-order valence-electron chi connectivity index (χ3n) is 3.33. The van der Waals surface area contributed by atoms with E-state index in [2.05, 4.69) is 5.32 Å². The van der Waals surface area contributed by atoms with Crippen molar-refractivity contribution in [1.82, 2.24) is 5.32 Å². The van der Waals surface area contributed by atoms with Gasteiger partial charge in [0.25, 0.3) is 5.91 Å². The van der Waals surface area contributed by atoms with Crippen LogP contribution in [0.3, 0.4) is 0 Å². The first-order chi connectivity index (χ1) is 8.60. The van der Waals surface area contributed by atoms with Gasteiger partial charge in [-0.1, -0.05) is 0 Å². The number of benzene rings is 1. The average Bonchev–Trinajstić information content (AvgIpc) is 3.17. The minimum absolute atomic E-state index is 0.104. The monoisotopic (exact) mass is 269 g/mol. The number of hydrogen-bond donors (Lipinski definition) is 2. The van der Waals surface area contributed by atoms with Gasteiger partial charge in [-0.3, -0.25) is 4.79 Å². The Morgan fingerprint density at radius 2 is 2.28 bits per heavy atom. The molecular weight excluding hydrogens is 253 g/mol. The maximum absolute atomic E-state index is 13.3. The van der Waals surface area contributed by atoms with Crippen molar-refractivity contribution in [2.75, 3.05) is 19.4 Å². The van der Waals surface area contributed by atoms with Gasteiger partial charge in [-0.2, -0.15) is 0 Å². The van der Waals surface area contributed by atoms with Gasteiger partial charge in [0, 0.05) is 22.4 Å². The molecule has 1 amide bonds. The summed E-state index contributed by atoms with van der Waals surface area (Å²) in [5.41, 5.74) is 0.340. The molecule has 2 rings (SSSR count). The lowest BCUT2D eigenvalue weighted by Gasteiger charge is -2.13. The van der Waals surface area contributed by atoms with Crippen molar-refractivity contribution in [1.29, 1.82) is 0 Å². The summed E-state index contributed by atoms with van der Waals surface area (Å²) in [4.78, 5) is 12.4. The standard InChI is InChI=1S/C13H16FNO2S/c1-18-11-6-9(2-3-10(11)14)12(17)15-7-13(8-16)4-5-13/h2-3,6,16H,4-5,7-8H2,1H3,(H,15,17). The maximum atomic E-state index is 13.3. The summed E-state index contributed by atoms with van der Waals surface area (Å²) in [6.07, 6.45) is 3.66. The molecule has 0 aliphatic heterocycles. The van der Waals surface area contributed by atoms with E-state index in [9.17, 15) is 9.18 Å². The zero-order chi connectivity index (χ0) is 13.2. The largest absolute Gasteiger partial charge is 0.396 e. The molecule has 5 heteroatoms. The summed E-state index contributed by atoms with van der Waals surface area (Å²) in [5, 5.41) is 11.9. The molecule has 0 unspecified atom stereocenters. The second-order valence-corrected chi connectivity index (χ2v) is 5.54. The average molecular weight is 269 g/mol. The molecule has 0 bridgehead atoms. The molecule has 2 N–H and O–H groups in total. The van der Waals surface area contributed by atoms with Gasteiger partial charge in [-0.05, 0) is 37.3 Å². The van der Waals surface area contributed by atoms with E-state index in [4.69, 9.17) is 5.11 Å². The van der Waals surface area contributed by atoms with Crippen LogP contribution < -0.4 is 5.32 Å². The summed E-state index contributed by atoms with van der Waals surface area (Å²) in [5.74, 6) is -0.530. The molecular formula is C13H16FNO2S. The van der Waals surface area contributed by atoms with E-state index in [-0.39, 0.29) is 23.7 Å². The molecule has 0 radical (unpaired) electrons. The van der Waals surface area contributed by atoms with Gasteiger partial charge in [-0.25, -0.2) is 4.39 Å². The first kappa shape index (κ1) is 13.4. The van der Waals surface area contributed by atoms with Gasteiger partial charge in [-0.15, -0.1) is 11.8 Å². The van der Waals surface area contributed by atoms with Crippen LogP contribution in [-0.4, -0.2) is 30.4 Å². The van der Waals surface area contributed by atoms with E-state index >= 15 is 0 Å². The molecule has 98 valence electrons. The number of halogens is 1. The highest BCUT2D eigenvalue weighted by Crippen LogP contribution is 2.44. The van der Waals surface area contributed by atoms with Crippen LogP contribution in [0.5, 0.6) is 0 Å². The molecule has 18 heavy (non-hydrogen) atoms. The van der Waals surface area contributed by atoms with E-state index < -0.39 is 0 Å². The number of amides is 1. The highest BCUT2D eigenvalue weighted by atomic mass is 32.2. The number of hydrogen-bond acceptors (Lipinski definition) is 3. The van der Waals surface area contributed by atoms with Gasteiger partial charge >= 0.3 is 0 Å². The second-order valence-electron chi connectivity index (χ2n) is 4.69. The summed E-state index contributed by atoms with van der Waals surface area (Å²) in [7, 11) is 0. The number of carbonyl (C=O) groups excluding carboxylic acids is 1. The molecule has 1 aliphatic rings. The minimum atomic E-state index is -0.312. The van der Waals surface area contributed by atoms with E-state index in [0.29, 0.717) is 17.0 Å². The zero-order valence-electron chi connectivity index (χ0n) is 10.2. The Bertz CT molecular complexity index is 460. The van der Waals surface area contributed by atoms with Gasteiger partial charge in [0.1, 0.15) is 5.82 Å². The van der Waals surface area contributed by atoms with Gasteiger partial charge in [0.05, 0.1) is 6.61 Å². The number of thioether (sulfide) groups is 1. The zero-order valence-corrected chi connectivity index (χ0v) is 11.0. The Balaban J connectivity index is 2.00. The number of rotatable bonds is 5. The van der Waals surface area contributed by atoms with Crippen molar-refractivity contribution in [3.8, 4) is 0 Å². The van der Waals surface area contributed by atoms with Gasteiger partial charge < -0.3 is 10.4 Å². The molecule has 0 aromatic heterocycles. The second kappa shape index (κ2) is 5.28. The van der Waals surface area contributed by atoms with Crippen molar-refractivity contribution < 1.29 is 14.3 Å². The number of aliphatic hydroxyl groups is 1. The lowest BCUT2D eigenvalue weighted by atomic mass is 10.1. The lowest BCUT2D eigenvalue weighted by molar-refractivity contribution is 0.0935. The van der Waals surface area contributed by atoms with Crippen LogP contribution in [0.15, 0.2) is 23.1 Å². The Kier molecular flexibility index (Phi) is 3.92. The molecule has 0 heterocycles. The van der Waals surface area contributed by atoms with Crippen molar-refractivity contribution >= 4 is 17.7 Å². The Morgan fingerprint density at radius 3 is 2.83 bits per heavy atom. The molecule has 0 saturated heterocycles. The molecule has 1 aromatic carbocycles. The van der Waals surface area contributed by atoms with Crippen LogP contribution in [0.2, 0.25) is 0 Å². The molecule has 3 nitrogen and oxygen atoms in total. The highest BCUT2D eigenvalue weighted by molar-refractivity contribution is 7.98. The molecule has 1 aliphatic carbocycles. The SMILES string of the molecule is CSc1cc(C(=O)NCC2(CO)CC2)ccc1F. The van der Waals surface area contributed by atoms with Gasteiger partial charge in [0.2, 0.25) is 0 Å². The topological polar surface area (TPSA) is 49.3 Å². The predicted octanol–water partition coefficient (Wildman–Crippen LogP) is 2.05. The lowest BCUT2D eigenvalue weighted by Crippen LogP contribution is -2.31. The molecule has 1 saturated carbocycles. The van der Waals surface area contributed by atoms with Crippen LogP contribution in [0.4, 0.5) is 4.39 Å². The summed E-state index contributed by atoms with van der Waals surface area (Å²) in [6.45, 7) is 0.584. The molecule has 1 fully saturated rings. The van der Waals surface area contributed by atoms with E-state index in [0.717, 1.165) is 12.8 Å². The fourth-order valence-corrected chi connectivity index (χ4v) is 2.25. The Hall–Kier alpha value is -1.07. The first-order valence-corrected chi connectivity index (χ1v) is 7.05. The Morgan fingerprint density at radius 1 is 1.56 bits per heavy atom. The van der Waals surface area contributed by atoms with Gasteiger partial charge in [0.15, 0.2) is 0 Å². The molecule has 1 aromatic rings. The normalized spacial score (nSPS) is 16.4. The smallest absolute Gasteiger partial charge is 0.251 e.